The van der Waals surface area contributed by atoms with Gasteiger partial charge in [-0.2, -0.15) is 0 Å². The van der Waals surface area contributed by atoms with Crippen LogP contribution in [0.25, 0.3) is 0 Å². The minimum Gasteiger partial charge on any atom is -0.462 e. The fourth-order valence-electron chi connectivity index (χ4n) is 4.19. The third-order valence-corrected chi connectivity index (χ3v) is 6.56. The minimum absolute atomic E-state index is 0.0652. The Bertz CT molecular complexity index is 517. The predicted octanol–water partition coefficient (Wildman–Crippen LogP) is 8.61. The van der Waals surface area contributed by atoms with E-state index in [0.717, 1.165) is 38.5 Å². The molecular weight excluding hydrogens is 452 g/mol. The second-order valence-electron chi connectivity index (χ2n) is 10.2. The maximum Gasteiger partial charge on any atom is 0.306 e. The van der Waals surface area contributed by atoms with Gasteiger partial charge in [0.15, 0.2) is 6.10 Å². The first-order chi connectivity index (χ1) is 17.6. The van der Waals surface area contributed by atoms with Crippen molar-refractivity contribution in [3.05, 3.63) is 12.2 Å². The van der Waals surface area contributed by atoms with Crippen LogP contribution in [0.3, 0.4) is 0 Å². The summed E-state index contributed by atoms with van der Waals surface area (Å²) in [6.07, 6.45) is 28.6. The zero-order chi connectivity index (χ0) is 26.5. The molecule has 0 aliphatic rings. The Kier molecular flexibility index (Phi) is 27.1. The summed E-state index contributed by atoms with van der Waals surface area (Å²) in [5.41, 5.74) is 0. The van der Waals surface area contributed by atoms with Crippen LogP contribution in [0.15, 0.2) is 12.2 Å². The predicted molar refractivity (Wildman–Crippen MR) is 150 cm³/mol. The van der Waals surface area contributed by atoms with Crippen LogP contribution in [0.5, 0.6) is 0 Å². The topological polar surface area (TPSA) is 72.8 Å². The second kappa shape index (κ2) is 28.2. The van der Waals surface area contributed by atoms with Crippen LogP contribution in [0.2, 0.25) is 0 Å². The summed E-state index contributed by atoms with van der Waals surface area (Å²) < 4.78 is 10.4. The van der Waals surface area contributed by atoms with E-state index in [1.807, 2.05) is 0 Å². The van der Waals surface area contributed by atoms with Gasteiger partial charge in [0.25, 0.3) is 0 Å². The number of rotatable bonds is 27. The van der Waals surface area contributed by atoms with Crippen LogP contribution in [0.4, 0.5) is 0 Å². The average Bonchev–Trinajstić information content (AvgIpc) is 2.88. The number of unbranched alkanes of at least 4 members (excludes halogenated alkanes) is 17. The first-order valence-corrected chi connectivity index (χ1v) is 15.2. The van der Waals surface area contributed by atoms with Gasteiger partial charge in [-0.1, -0.05) is 116 Å². The molecule has 0 aliphatic carbocycles. The molecule has 5 heteroatoms. The van der Waals surface area contributed by atoms with Crippen molar-refractivity contribution in [3.63, 3.8) is 0 Å². The lowest BCUT2D eigenvalue weighted by Crippen LogP contribution is -2.28. The van der Waals surface area contributed by atoms with Crippen molar-refractivity contribution < 1.29 is 24.2 Å². The molecule has 1 atom stereocenters. The van der Waals surface area contributed by atoms with Gasteiger partial charge in [0.05, 0.1) is 6.61 Å². The zero-order valence-corrected chi connectivity index (χ0v) is 23.8. The lowest BCUT2D eigenvalue weighted by molar-refractivity contribution is -0.161. The Morgan fingerprint density at radius 3 is 1.50 bits per heavy atom. The molecule has 0 amide bonds. The van der Waals surface area contributed by atoms with Crippen LogP contribution in [-0.4, -0.2) is 36.4 Å². The van der Waals surface area contributed by atoms with Crippen LogP contribution >= 0.6 is 0 Å². The number of hydrogen-bond donors (Lipinski definition) is 1. The normalized spacial score (nSPS) is 12.2. The standard InChI is InChI=1S/C31H58O5/c1-3-5-7-9-10-11-12-13-14-15-16-17-18-19-20-22-24-26-31(34)36-29(27-32)28-35-30(33)25-23-21-8-6-4-2/h13-14,29,32H,3-12,15-28H2,1-2H3/b14-13-. The van der Waals surface area contributed by atoms with Crippen molar-refractivity contribution >= 4 is 11.9 Å². The van der Waals surface area contributed by atoms with Crippen LogP contribution in [0, 0.1) is 0 Å². The number of carbonyl (C=O) groups is 2. The molecule has 0 spiro atoms. The summed E-state index contributed by atoms with van der Waals surface area (Å²) in [6, 6.07) is 0. The van der Waals surface area contributed by atoms with Crippen LogP contribution in [-0.2, 0) is 19.1 Å². The first kappa shape index (κ1) is 34.6. The number of aliphatic hydroxyl groups is 1. The van der Waals surface area contributed by atoms with Crippen molar-refractivity contribution in [2.75, 3.05) is 13.2 Å². The maximum atomic E-state index is 12.0. The molecule has 0 aromatic heterocycles. The van der Waals surface area contributed by atoms with Crippen molar-refractivity contribution in [1.29, 1.82) is 0 Å². The lowest BCUT2D eigenvalue weighted by atomic mass is 10.1. The summed E-state index contributed by atoms with van der Waals surface area (Å²) in [4.78, 5) is 23.8. The van der Waals surface area contributed by atoms with E-state index in [2.05, 4.69) is 26.0 Å². The lowest BCUT2D eigenvalue weighted by Gasteiger charge is -2.15. The van der Waals surface area contributed by atoms with E-state index >= 15 is 0 Å². The van der Waals surface area contributed by atoms with Crippen LogP contribution < -0.4 is 0 Å². The smallest absolute Gasteiger partial charge is 0.306 e. The molecule has 1 unspecified atom stereocenters. The molecule has 0 aromatic rings. The monoisotopic (exact) mass is 510 g/mol. The quantitative estimate of drug-likeness (QED) is 0.0680. The molecule has 5 nitrogen and oxygen atoms in total. The van der Waals surface area contributed by atoms with Gasteiger partial charge in [0, 0.05) is 12.8 Å². The van der Waals surface area contributed by atoms with Gasteiger partial charge in [0.1, 0.15) is 6.61 Å². The molecule has 1 N–H and O–H groups in total. The number of carbonyl (C=O) groups excluding carboxylic acids is 2. The zero-order valence-electron chi connectivity index (χ0n) is 23.8. The summed E-state index contributed by atoms with van der Waals surface area (Å²) in [6.45, 7) is 4.02. The van der Waals surface area contributed by atoms with E-state index in [1.165, 1.54) is 89.9 Å². The highest BCUT2D eigenvalue weighted by Crippen LogP contribution is 2.12. The van der Waals surface area contributed by atoms with Gasteiger partial charge >= 0.3 is 11.9 Å². The van der Waals surface area contributed by atoms with E-state index in [4.69, 9.17) is 9.47 Å². The van der Waals surface area contributed by atoms with E-state index in [9.17, 15) is 14.7 Å². The number of ether oxygens (including phenoxy) is 2. The minimum atomic E-state index is -0.763. The van der Waals surface area contributed by atoms with Gasteiger partial charge in [-0.3, -0.25) is 9.59 Å². The number of esters is 2. The van der Waals surface area contributed by atoms with Crippen LogP contribution in [0.1, 0.15) is 155 Å². The van der Waals surface area contributed by atoms with Gasteiger partial charge in [-0.25, -0.2) is 0 Å². The largest absolute Gasteiger partial charge is 0.462 e. The van der Waals surface area contributed by atoms with Gasteiger partial charge in [0.2, 0.25) is 0 Å². The highest BCUT2D eigenvalue weighted by Gasteiger charge is 2.16. The highest BCUT2D eigenvalue weighted by atomic mass is 16.6. The molecule has 0 heterocycles. The Labute approximate surface area is 222 Å². The number of hydrogen-bond acceptors (Lipinski definition) is 5. The second-order valence-corrected chi connectivity index (χ2v) is 10.2. The fourth-order valence-corrected chi connectivity index (χ4v) is 4.19. The third-order valence-electron chi connectivity index (χ3n) is 6.56. The van der Waals surface area contributed by atoms with E-state index < -0.39 is 6.10 Å². The highest BCUT2D eigenvalue weighted by molar-refractivity contribution is 5.70. The van der Waals surface area contributed by atoms with Crippen molar-refractivity contribution in [2.45, 2.75) is 161 Å². The molecule has 36 heavy (non-hydrogen) atoms. The summed E-state index contributed by atoms with van der Waals surface area (Å²) in [7, 11) is 0. The van der Waals surface area contributed by atoms with Gasteiger partial charge in [-0.15, -0.1) is 0 Å². The Morgan fingerprint density at radius 2 is 1.03 bits per heavy atom. The number of aliphatic hydroxyl groups excluding tert-OH is 1. The molecule has 0 radical (unpaired) electrons. The van der Waals surface area contributed by atoms with Crippen molar-refractivity contribution in [3.8, 4) is 0 Å². The molecule has 212 valence electrons. The van der Waals surface area contributed by atoms with Crippen molar-refractivity contribution in [2.24, 2.45) is 0 Å². The molecule has 0 fully saturated rings. The summed E-state index contributed by atoms with van der Waals surface area (Å²) in [5, 5.41) is 9.41. The SMILES string of the molecule is CCCCCCCC/C=C\CCCCCCCCCC(=O)OC(CO)COC(=O)CCCCCCC. The van der Waals surface area contributed by atoms with E-state index in [0.29, 0.717) is 12.8 Å². The maximum absolute atomic E-state index is 12.0. The molecule has 0 aromatic carbocycles. The molecule has 0 bridgehead atoms. The number of allylic oxidation sites excluding steroid dienone is 2. The molecular formula is C31H58O5. The molecule has 0 saturated carbocycles. The van der Waals surface area contributed by atoms with Gasteiger partial charge in [-0.05, 0) is 38.5 Å². The average molecular weight is 511 g/mol. The van der Waals surface area contributed by atoms with E-state index in [-0.39, 0.29) is 25.2 Å². The first-order valence-electron chi connectivity index (χ1n) is 15.2. The third kappa shape index (κ3) is 25.7. The van der Waals surface area contributed by atoms with Gasteiger partial charge < -0.3 is 14.6 Å². The Morgan fingerprint density at radius 1 is 0.611 bits per heavy atom. The van der Waals surface area contributed by atoms with E-state index in [1.54, 1.807) is 0 Å². The molecule has 0 rings (SSSR count). The molecule has 0 aliphatic heterocycles. The Hall–Kier alpha value is -1.36. The van der Waals surface area contributed by atoms with Crippen molar-refractivity contribution in [1.82, 2.24) is 0 Å². The fraction of sp³-hybridized carbons (Fsp3) is 0.871. The molecule has 0 saturated heterocycles. The summed E-state index contributed by atoms with van der Waals surface area (Å²) in [5.74, 6) is -0.609. The Balaban J connectivity index is 3.53. The summed E-state index contributed by atoms with van der Waals surface area (Å²) >= 11 is 0.